The predicted octanol–water partition coefficient (Wildman–Crippen LogP) is 3.71. The Kier molecular flexibility index (Phi) is 3.33. The summed E-state index contributed by atoms with van der Waals surface area (Å²) in [6, 6.07) is 2.91. The summed E-state index contributed by atoms with van der Waals surface area (Å²) in [7, 11) is 0. The molecule has 2 N–H and O–H groups in total. The van der Waals surface area contributed by atoms with Crippen molar-refractivity contribution < 1.29 is 8.78 Å². The smallest absolute Gasteiger partial charge is 0.184 e. The van der Waals surface area contributed by atoms with Gasteiger partial charge in [-0.25, -0.2) is 8.78 Å². The van der Waals surface area contributed by atoms with Crippen LogP contribution in [-0.4, -0.2) is 12.6 Å². The zero-order valence-corrected chi connectivity index (χ0v) is 11.0. The third kappa shape index (κ3) is 2.17. The highest BCUT2D eigenvalue weighted by Crippen LogP contribution is 2.40. The monoisotopic (exact) mass is 266 g/mol. The molecule has 3 rings (SSSR count). The lowest BCUT2D eigenvalue weighted by molar-refractivity contribution is 0.425. The molecule has 2 fully saturated rings. The summed E-state index contributed by atoms with van der Waals surface area (Å²) in [5.41, 5.74) is 6.52. The number of nitrogen functional groups attached to an aromatic ring is 1. The van der Waals surface area contributed by atoms with Gasteiger partial charge in [-0.1, -0.05) is 12.8 Å². The maximum Gasteiger partial charge on any atom is 0.184 e. The molecule has 4 heteroatoms. The Labute approximate surface area is 112 Å². The Bertz CT molecular complexity index is 469. The number of halogens is 2. The van der Waals surface area contributed by atoms with Crippen LogP contribution in [0.2, 0.25) is 0 Å². The van der Waals surface area contributed by atoms with Crippen LogP contribution in [0.5, 0.6) is 0 Å². The molecule has 1 atom stereocenters. The molecule has 1 aromatic carbocycles. The molecule has 1 heterocycles. The van der Waals surface area contributed by atoms with Gasteiger partial charge in [0.05, 0.1) is 11.4 Å². The van der Waals surface area contributed by atoms with Gasteiger partial charge in [-0.3, -0.25) is 0 Å². The minimum atomic E-state index is -0.804. The molecule has 1 aliphatic heterocycles. The van der Waals surface area contributed by atoms with Crippen molar-refractivity contribution in [2.24, 2.45) is 5.92 Å². The molecule has 19 heavy (non-hydrogen) atoms. The number of nitrogens with two attached hydrogens (primary N) is 1. The van der Waals surface area contributed by atoms with Crippen molar-refractivity contribution in [3.05, 3.63) is 23.8 Å². The fourth-order valence-corrected chi connectivity index (χ4v) is 3.75. The quantitative estimate of drug-likeness (QED) is 0.827. The first-order valence-electron chi connectivity index (χ1n) is 7.18. The van der Waals surface area contributed by atoms with Crippen LogP contribution in [0.3, 0.4) is 0 Å². The lowest BCUT2D eigenvalue weighted by Gasteiger charge is -2.32. The van der Waals surface area contributed by atoms with Gasteiger partial charge in [-0.2, -0.15) is 0 Å². The molecule has 0 aromatic heterocycles. The lowest BCUT2D eigenvalue weighted by Crippen LogP contribution is -2.35. The second-order valence-electron chi connectivity index (χ2n) is 5.75. The molecular weight excluding hydrogens is 246 g/mol. The van der Waals surface area contributed by atoms with Crippen LogP contribution in [0, 0.1) is 17.6 Å². The summed E-state index contributed by atoms with van der Waals surface area (Å²) < 4.78 is 27.5. The first-order valence-corrected chi connectivity index (χ1v) is 7.18. The average Bonchev–Trinajstić information content (AvgIpc) is 3.04. The van der Waals surface area contributed by atoms with Gasteiger partial charge in [0.2, 0.25) is 0 Å². The van der Waals surface area contributed by atoms with E-state index in [0.29, 0.717) is 17.6 Å². The molecule has 1 saturated carbocycles. The van der Waals surface area contributed by atoms with Crippen LogP contribution in [0.1, 0.15) is 38.5 Å². The maximum absolute atomic E-state index is 14.1. The van der Waals surface area contributed by atoms with Gasteiger partial charge >= 0.3 is 0 Å². The van der Waals surface area contributed by atoms with E-state index in [-0.39, 0.29) is 5.69 Å². The highest BCUT2D eigenvalue weighted by Gasteiger charge is 2.35. The minimum Gasteiger partial charge on any atom is -0.397 e. The van der Waals surface area contributed by atoms with Gasteiger partial charge in [-0.15, -0.1) is 0 Å². The number of nitrogens with zero attached hydrogens (tertiary/aromatic N) is 1. The Balaban J connectivity index is 1.94. The molecule has 1 saturated heterocycles. The predicted molar refractivity (Wildman–Crippen MR) is 73.1 cm³/mol. The molecule has 0 amide bonds. The van der Waals surface area contributed by atoms with E-state index in [1.54, 1.807) is 0 Å². The fourth-order valence-electron chi connectivity index (χ4n) is 3.75. The summed E-state index contributed by atoms with van der Waals surface area (Å²) in [4.78, 5) is 2.02. The molecule has 0 spiro atoms. The Morgan fingerprint density at radius 1 is 1.05 bits per heavy atom. The van der Waals surface area contributed by atoms with E-state index >= 15 is 0 Å². The van der Waals surface area contributed by atoms with Gasteiger partial charge in [0.25, 0.3) is 0 Å². The summed E-state index contributed by atoms with van der Waals surface area (Å²) in [6.07, 6.45) is 7.04. The van der Waals surface area contributed by atoms with Crippen molar-refractivity contribution in [3.63, 3.8) is 0 Å². The molecular formula is C15H20F2N2. The van der Waals surface area contributed by atoms with Crippen molar-refractivity contribution in [2.45, 2.75) is 44.6 Å². The number of hydrogen-bond acceptors (Lipinski definition) is 2. The molecule has 1 aliphatic carbocycles. The Morgan fingerprint density at radius 2 is 1.79 bits per heavy atom. The first-order chi connectivity index (χ1) is 9.18. The largest absolute Gasteiger partial charge is 0.397 e. The third-order valence-electron chi connectivity index (χ3n) is 4.63. The van der Waals surface area contributed by atoms with Crippen LogP contribution in [0.4, 0.5) is 20.2 Å². The fraction of sp³-hybridized carbons (Fsp3) is 0.600. The second-order valence-corrected chi connectivity index (χ2v) is 5.75. The van der Waals surface area contributed by atoms with Gasteiger partial charge in [0, 0.05) is 12.6 Å². The zero-order chi connectivity index (χ0) is 13.4. The van der Waals surface area contributed by atoms with E-state index in [2.05, 4.69) is 0 Å². The average molecular weight is 266 g/mol. The van der Waals surface area contributed by atoms with Crippen molar-refractivity contribution in [1.29, 1.82) is 0 Å². The number of rotatable bonds is 2. The summed E-state index contributed by atoms with van der Waals surface area (Å²) >= 11 is 0. The van der Waals surface area contributed by atoms with Gasteiger partial charge in [0.15, 0.2) is 11.6 Å². The molecule has 2 nitrogen and oxygen atoms in total. The van der Waals surface area contributed by atoms with Gasteiger partial charge in [0.1, 0.15) is 0 Å². The van der Waals surface area contributed by atoms with Gasteiger partial charge in [-0.05, 0) is 43.7 Å². The molecule has 1 aromatic rings. The third-order valence-corrected chi connectivity index (χ3v) is 4.63. The topological polar surface area (TPSA) is 29.3 Å². The number of anilines is 2. The minimum absolute atomic E-state index is 0.286. The van der Waals surface area contributed by atoms with Crippen molar-refractivity contribution in [1.82, 2.24) is 0 Å². The second kappa shape index (κ2) is 4.99. The van der Waals surface area contributed by atoms with Gasteiger partial charge < -0.3 is 10.6 Å². The normalized spacial score (nSPS) is 24.3. The summed E-state index contributed by atoms with van der Waals surface area (Å²) in [6.45, 7) is 0.783. The zero-order valence-electron chi connectivity index (χ0n) is 11.0. The lowest BCUT2D eigenvalue weighted by atomic mass is 9.95. The van der Waals surface area contributed by atoms with E-state index < -0.39 is 11.6 Å². The van der Waals surface area contributed by atoms with E-state index in [1.807, 2.05) is 4.90 Å². The highest BCUT2D eigenvalue weighted by molar-refractivity contribution is 5.69. The molecule has 1 unspecified atom stereocenters. The molecule has 104 valence electrons. The van der Waals surface area contributed by atoms with E-state index in [1.165, 1.54) is 31.7 Å². The van der Waals surface area contributed by atoms with Crippen LogP contribution in [0.25, 0.3) is 0 Å². The van der Waals surface area contributed by atoms with Crippen LogP contribution >= 0.6 is 0 Å². The number of hydrogen-bond donors (Lipinski definition) is 1. The maximum atomic E-state index is 14.1. The molecule has 2 aliphatic rings. The SMILES string of the molecule is Nc1ccc(F)c(F)c1N1CCCC1C1CCCC1. The first kappa shape index (κ1) is 12.7. The molecule has 0 radical (unpaired) electrons. The van der Waals surface area contributed by atoms with Crippen LogP contribution in [0.15, 0.2) is 12.1 Å². The van der Waals surface area contributed by atoms with E-state index in [0.717, 1.165) is 25.5 Å². The number of benzene rings is 1. The summed E-state index contributed by atoms with van der Waals surface area (Å²) in [5.74, 6) is -0.976. The van der Waals surface area contributed by atoms with Crippen molar-refractivity contribution in [2.75, 3.05) is 17.2 Å². The summed E-state index contributed by atoms with van der Waals surface area (Å²) in [5, 5.41) is 0. The highest BCUT2D eigenvalue weighted by atomic mass is 19.2. The van der Waals surface area contributed by atoms with Crippen molar-refractivity contribution in [3.8, 4) is 0 Å². The Hall–Kier alpha value is -1.32. The van der Waals surface area contributed by atoms with E-state index in [4.69, 9.17) is 5.73 Å². The standard InChI is InChI=1S/C15H20F2N2/c16-11-7-8-12(18)15(14(11)17)19-9-3-6-13(19)10-4-1-2-5-10/h7-8,10,13H,1-6,9,18H2. The Morgan fingerprint density at radius 3 is 2.53 bits per heavy atom. The van der Waals surface area contributed by atoms with Crippen LogP contribution < -0.4 is 10.6 Å². The molecule has 0 bridgehead atoms. The van der Waals surface area contributed by atoms with E-state index in [9.17, 15) is 8.78 Å². The van der Waals surface area contributed by atoms with Crippen molar-refractivity contribution >= 4 is 11.4 Å². The van der Waals surface area contributed by atoms with Crippen LogP contribution in [-0.2, 0) is 0 Å².